The van der Waals surface area contributed by atoms with Gasteiger partial charge >= 0.3 is 0 Å². The van der Waals surface area contributed by atoms with Crippen molar-refractivity contribution in [3.05, 3.63) is 46.9 Å². The van der Waals surface area contributed by atoms with Crippen LogP contribution in [0.4, 0.5) is 10.3 Å². The summed E-state index contributed by atoms with van der Waals surface area (Å²) < 4.78 is 18.8. The largest absolute Gasteiger partial charge is 0.338 e. The Hall–Kier alpha value is -2.17. The van der Waals surface area contributed by atoms with E-state index in [9.17, 15) is 9.18 Å². The van der Waals surface area contributed by atoms with Crippen molar-refractivity contribution in [2.24, 2.45) is 0 Å². The summed E-state index contributed by atoms with van der Waals surface area (Å²) in [7, 11) is 0. The van der Waals surface area contributed by atoms with Crippen LogP contribution in [0.2, 0.25) is 0 Å². The van der Waals surface area contributed by atoms with E-state index in [1.165, 1.54) is 6.07 Å². The summed E-state index contributed by atoms with van der Waals surface area (Å²) in [6.45, 7) is 5.53. The molecule has 0 aliphatic heterocycles. The molecule has 0 radical (unpaired) electrons. The lowest BCUT2D eigenvalue weighted by Gasteiger charge is -2.04. The van der Waals surface area contributed by atoms with Crippen LogP contribution in [0.1, 0.15) is 41.4 Å². The molecule has 0 spiro atoms. The lowest BCUT2D eigenvalue weighted by molar-refractivity contribution is 0.102. The minimum Gasteiger partial charge on any atom is -0.338 e. The second-order valence-electron chi connectivity index (χ2n) is 4.66. The Labute approximate surface area is 110 Å². The number of carbonyl (C=O) groups is 1. The number of benzene rings is 1. The van der Waals surface area contributed by atoms with Crippen molar-refractivity contribution in [3.63, 3.8) is 0 Å². The van der Waals surface area contributed by atoms with E-state index in [4.69, 9.17) is 4.52 Å². The summed E-state index contributed by atoms with van der Waals surface area (Å²) in [4.78, 5) is 11.9. The lowest BCUT2D eigenvalue weighted by atomic mass is 10.1. The Morgan fingerprint density at radius 1 is 1.42 bits per heavy atom. The van der Waals surface area contributed by atoms with Crippen LogP contribution in [0.15, 0.2) is 28.8 Å². The first-order chi connectivity index (χ1) is 8.99. The maximum atomic E-state index is 13.8. The summed E-state index contributed by atoms with van der Waals surface area (Å²) in [5.41, 5.74) is 1.15. The molecule has 0 aliphatic rings. The number of nitrogens with one attached hydrogen (secondary N) is 1. The molecule has 5 heteroatoms. The van der Waals surface area contributed by atoms with E-state index in [0.717, 1.165) is 5.69 Å². The fourth-order valence-electron chi connectivity index (χ4n) is 1.62. The van der Waals surface area contributed by atoms with Crippen LogP contribution in [0.25, 0.3) is 0 Å². The van der Waals surface area contributed by atoms with Crippen LogP contribution < -0.4 is 5.32 Å². The van der Waals surface area contributed by atoms with Crippen molar-refractivity contribution >= 4 is 11.8 Å². The number of rotatable bonds is 3. The zero-order chi connectivity index (χ0) is 14.0. The lowest BCUT2D eigenvalue weighted by Crippen LogP contribution is -2.13. The highest BCUT2D eigenvalue weighted by molar-refractivity contribution is 6.03. The second kappa shape index (κ2) is 5.22. The number of hydrogen-bond acceptors (Lipinski definition) is 3. The molecule has 1 aromatic heterocycles. The van der Waals surface area contributed by atoms with Crippen LogP contribution in [0.5, 0.6) is 0 Å². The SMILES string of the molecule is Cc1cccc(C(=O)Nc2cc(C(C)C)no2)c1F. The zero-order valence-corrected chi connectivity index (χ0v) is 11.0. The topological polar surface area (TPSA) is 55.1 Å². The van der Waals surface area contributed by atoms with E-state index in [0.29, 0.717) is 5.56 Å². The zero-order valence-electron chi connectivity index (χ0n) is 11.0. The van der Waals surface area contributed by atoms with Crippen LogP contribution in [0, 0.1) is 12.7 Å². The van der Waals surface area contributed by atoms with Crippen LogP contribution in [-0.4, -0.2) is 11.1 Å². The number of amides is 1. The first-order valence-corrected chi connectivity index (χ1v) is 6.02. The maximum absolute atomic E-state index is 13.8. The fraction of sp³-hybridized carbons (Fsp3) is 0.286. The molecule has 1 heterocycles. The molecule has 0 atom stereocenters. The maximum Gasteiger partial charge on any atom is 0.261 e. The van der Waals surface area contributed by atoms with Crippen molar-refractivity contribution < 1.29 is 13.7 Å². The molecule has 1 N–H and O–H groups in total. The quantitative estimate of drug-likeness (QED) is 0.921. The highest BCUT2D eigenvalue weighted by Gasteiger charge is 2.16. The summed E-state index contributed by atoms with van der Waals surface area (Å²) in [5, 5.41) is 6.31. The highest BCUT2D eigenvalue weighted by Crippen LogP contribution is 2.19. The van der Waals surface area contributed by atoms with E-state index >= 15 is 0 Å². The smallest absolute Gasteiger partial charge is 0.261 e. The molecule has 2 rings (SSSR count). The van der Waals surface area contributed by atoms with Crippen LogP contribution in [0.3, 0.4) is 0 Å². The molecule has 0 bridgehead atoms. The van der Waals surface area contributed by atoms with Gasteiger partial charge in [-0.15, -0.1) is 0 Å². The predicted octanol–water partition coefficient (Wildman–Crippen LogP) is 3.50. The highest BCUT2D eigenvalue weighted by atomic mass is 19.1. The average molecular weight is 262 g/mol. The Kier molecular flexibility index (Phi) is 3.64. The summed E-state index contributed by atoms with van der Waals surface area (Å²) in [6.07, 6.45) is 0. The number of hydrogen-bond donors (Lipinski definition) is 1. The van der Waals surface area contributed by atoms with Gasteiger partial charge in [0, 0.05) is 6.07 Å². The van der Waals surface area contributed by atoms with Gasteiger partial charge in [-0.1, -0.05) is 31.1 Å². The average Bonchev–Trinajstić information content (AvgIpc) is 2.81. The molecule has 0 saturated heterocycles. The summed E-state index contributed by atoms with van der Waals surface area (Å²) in [5.74, 6) is -0.657. The Morgan fingerprint density at radius 2 is 2.16 bits per heavy atom. The van der Waals surface area contributed by atoms with Crippen molar-refractivity contribution in [3.8, 4) is 0 Å². The molecular weight excluding hydrogens is 247 g/mol. The number of anilines is 1. The molecule has 19 heavy (non-hydrogen) atoms. The Balaban J connectivity index is 2.18. The molecule has 100 valence electrons. The molecule has 4 nitrogen and oxygen atoms in total. The number of aryl methyl sites for hydroxylation is 1. The van der Waals surface area contributed by atoms with E-state index in [2.05, 4.69) is 10.5 Å². The van der Waals surface area contributed by atoms with Gasteiger partial charge in [-0.2, -0.15) is 0 Å². The first-order valence-electron chi connectivity index (χ1n) is 6.02. The third-order valence-corrected chi connectivity index (χ3v) is 2.79. The van der Waals surface area contributed by atoms with Crippen molar-refractivity contribution in [2.75, 3.05) is 5.32 Å². The normalized spacial score (nSPS) is 10.8. The molecule has 0 saturated carbocycles. The van der Waals surface area contributed by atoms with Gasteiger partial charge in [0.1, 0.15) is 5.82 Å². The molecule has 0 unspecified atom stereocenters. The molecular formula is C14H15FN2O2. The second-order valence-corrected chi connectivity index (χ2v) is 4.66. The van der Waals surface area contributed by atoms with Gasteiger partial charge < -0.3 is 4.52 Å². The van der Waals surface area contributed by atoms with E-state index in [-0.39, 0.29) is 17.4 Å². The fourth-order valence-corrected chi connectivity index (χ4v) is 1.62. The third-order valence-electron chi connectivity index (χ3n) is 2.79. The summed E-state index contributed by atoms with van der Waals surface area (Å²) in [6, 6.07) is 6.30. The first kappa shape index (κ1) is 13.3. The van der Waals surface area contributed by atoms with Crippen LogP contribution in [-0.2, 0) is 0 Å². The van der Waals surface area contributed by atoms with Gasteiger partial charge in [-0.05, 0) is 24.5 Å². The monoisotopic (exact) mass is 262 g/mol. The van der Waals surface area contributed by atoms with Crippen molar-refractivity contribution in [1.82, 2.24) is 5.16 Å². The van der Waals surface area contributed by atoms with Gasteiger partial charge in [-0.25, -0.2) is 4.39 Å². The van der Waals surface area contributed by atoms with E-state index in [1.54, 1.807) is 25.1 Å². The van der Waals surface area contributed by atoms with Gasteiger partial charge in [0.05, 0.1) is 11.3 Å². The number of halogens is 1. The van der Waals surface area contributed by atoms with Gasteiger partial charge in [-0.3, -0.25) is 10.1 Å². The van der Waals surface area contributed by atoms with Crippen molar-refractivity contribution in [2.45, 2.75) is 26.7 Å². The van der Waals surface area contributed by atoms with Crippen molar-refractivity contribution in [1.29, 1.82) is 0 Å². The summed E-state index contributed by atoms with van der Waals surface area (Å²) >= 11 is 0. The molecule has 0 fully saturated rings. The predicted molar refractivity (Wildman–Crippen MR) is 69.7 cm³/mol. The van der Waals surface area contributed by atoms with Crippen LogP contribution >= 0.6 is 0 Å². The number of nitrogens with zero attached hydrogens (tertiary/aromatic N) is 1. The van der Waals surface area contributed by atoms with Gasteiger partial charge in [0.25, 0.3) is 5.91 Å². The van der Waals surface area contributed by atoms with Gasteiger partial charge in [0.2, 0.25) is 5.88 Å². The standard InChI is InChI=1S/C14H15FN2O2/c1-8(2)11-7-12(19-17-11)16-14(18)10-6-4-5-9(3)13(10)15/h4-8H,1-3H3,(H,16,18). The van der Waals surface area contributed by atoms with E-state index < -0.39 is 11.7 Å². The molecule has 0 aliphatic carbocycles. The molecule has 2 aromatic rings. The third kappa shape index (κ3) is 2.81. The number of carbonyl (C=O) groups excluding carboxylic acids is 1. The Morgan fingerprint density at radius 3 is 2.79 bits per heavy atom. The molecule has 1 amide bonds. The number of aromatic nitrogens is 1. The van der Waals surface area contributed by atoms with Gasteiger partial charge in [0.15, 0.2) is 0 Å². The minimum atomic E-state index is -0.548. The Bertz CT molecular complexity index is 605. The van der Waals surface area contributed by atoms with E-state index in [1.807, 2.05) is 13.8 Å². The molecule has 1 aromatic carbocycles. The minimum absolute atomic E-state index is 0.0116.